The maximum Gasteiger partial charge on any atom is 0.238 e. The van der Waals surface area contributed by atoms with Gasteiger partial charge in [-0.3, -0.25) is 14.5 Å². The van der Waals surface area contributed by atoms with Gasteiger partial charge in [-0.15, -0.1) is 11.8 Å². The summed E-state index contributed by atoms with van der Waals surface area (Å²) < 4.78 is 0. The Kier molecular flexibility index (Phi) is 6.22. The molecule has 27 heavy (non-hydrogen) atoms. The predicted molar refractivity (Wildman–Crippen MR) is 113 cm³/mol. The molecule has 1 atom stereocenters. The quantitative estimate of drug-likeness (QED) is 0.764. The van der Waals surface area contributed by atoms with Crippen LogP contribution in [0.4, 0.5) is 11.4 Å². The van der Waals surface area contributed by atoms with E-state index in [0.717, 1.165) is 23.4 Å². The lowest BCUT2D eigenvalue weighted by molar-refractivity contribution is -0.117. The molecule has 1 unspecified atom stereocenters. The van der Waals surface area contributed by atoms with Crippen molar-refractivity contribution in [1.29, 1.82) is 0 Å². The van der Waals surface area contributed by atoms with Gasteiger partial charge >= 0.3 is 0 Å². The summed E-state index contributed by atoms with van der Waals surface area (Å²) in [5.41, 5.74) is 4.02. The van der Waals surface area contributed by atoms with Crippen LogP contribution in [-0.4, -0.2) is 17.6 Å². The number of hydrogen-bond donors (Lipinski definition) is 1. The molecule has 0 aliphatic carbocycles. The molecule has 0 saturated carbocycles. The molecule has 0 spiro atoms. The van der Waals surface area contributed by atoms with Crippen LogP contribution < -0.4 is 10.2 Å². The second-order valence-electron chi connectivity index (χ2n) is 7.22. The molecule has 1 saturated heterocycles. The highest BCUT2D eigenvalue weighted by atomic mass is 32.2. The highest BCUT2D eigenvalue weighted by molar-refractivity contribution is 8.00. The number of carbonyl (C=O) groups excluding carboxylic acids is 2. The Balaban J connectivity index is 1.78. The molecule has 4 nitrogen and oxygen atoms in total. The first kappa shape index (κ1) is 19.5. The number of hydrogen-bond acceptors (Lipinski definition) is 3. The van der Waals surface area contributed by atoms with E-state index in [9.17, 15) is 9.59 Å². The molecule has 2 aromatic rings. The number of nitrogens with zero attached hydrogens (tertiary/aromatic N) is 1. The molecule has 1 aliphatic heterocycles. The van der Waals surface area contributed by atoms with Gasteiger partial charge in [0.1, 0.15) is 5.37 Å². The SMILES string of the molecule is CCc1cccc(N2C(=O)CSC2c2ccc(NC(=O)CC(C)C)cc2)c1. The van der Waals surface area contributed by atoms with Crippen LogP contribution in [0.2, 0.25) is 0 Å². The van der Waals surface area contributed by atoms with E-state index < -0.39 is 0 Å². The molecule has 1 N–H and O–H groups in total. The van der Waals surface area contributed by atoms with E-state index in [1.807, 2.05) is 55.1 Å². The summed E-state index contributed by atoms with van der Waals surface area (Å²) in [6, 6.07) is 16.0. The molecule has 1 aliphatic rings. The molecular weight excluding hydrogens is 356 g/mol. The van der Waals surface area contributed by atoms with Gasteiger partial charge in [0.25, 0.3) is 0 Å². The van der Waals surface area contributed by atoms with E-state index in [2.05, 4.69) is 24.4 Å². The third kappa shape index (κ3) is 4.72. The van der Waals surface area contributed by atoms with Gasteiger partial charge in [0.2, 0.25) is 11.8 Å². The summed E-state index contributed by atoms with van der Waals surface area (Å²) in [5, 5.41) is 2.89. The highest BCUT2D eigenvalue weighted by Crippen LogP contribution is 2.42. The lowest BCUT2D eigenvalue weighted by atomic mass is 10.1. The molecule has 142 valence electrons. The van der Waals surface area contributed by atoms with Gasteiger partial charge in [0.05, 0.1) is 5.75 Å². The monoisotopic (exact) mass is 382 g/mol. The second-order valence-corrected chi connectivity index (χ2v) is 8.29. The molecule has 2 amide bonds. The number of amides is 2. The fraction of sp³-hybridized carbons (Fsp3) is 0.364. The number of nitrogens with one attached hydrogen (secondary N) is 1. The maximum atomic E-state index is 12.5. The fourth-order valence-electron chi connectivity index (χ4n) is 3.19. The maximum absolute atomic E-state index is 12.5. The van der Waals surface area contributed by atoms with E-state index in [0.29, 0.717) is 18.1 Å². The van der Waals surface area contributed by atoms with Crippen LogP contribution in [0.15, 0.2) is 48.5 Å². The Morgan fingerprint density at radius 2 is 1.96 bits per heavy atom. The first-order valence-corrected chi connectivity index (χ1v) is 10.4. The van der Waals surface area contributed by atoms with Gasteiger partial charge in [-0.25, -0.2) is 0 Å². The van der Waals surface area contributed by atoms with Gasteiger partial charge in [-0.2, -0.15) is 0 Å². The minimum Gasteiger partial charge on any atom is -0.326 e. The molecule has 0 radical (unpaired) electrons. The van der Waals surface area contributed by atoms with Gasteiger partial charge in [0.15, 0.2) is 0 Å². The molecule has 0 bridgehead atoms. The Labute approximate surface area is 165 Å². The molecule has 3 rings (SSSR count). The van der Waals surface area contributed by atoms with E-state index >= 15 is 0 Å². The van der Waals surface area contributed by atoms with Crippen LogP contribution in [0, 0.1) is 5.92 Å². The molecule has 0 aromatic heterocycles. The van der Waals surface area contributed by atoms with Crippen molar-refractivity contribution in [3.63, 3.8) is 0 Å². The smallest absolute Gasteiger partial charge is 0.238 e. The summed E-state index contributed by atoms with van der Waals surface area (Å²) in [6.07, 6.45) is 1.45. The molecule has 5 heteroatoms. The Morgan fingerprint density at radius 3 is 2.63 bits per heavy atom. The zero-order chi connectivity index (χ0) is 19.4. The summed E-state index contributed by atoms with van der Waals surface area (Å²) in [5.74, 6) is 0.972. The standard InChI is InChI=1S/C22H26N2O2S/c1-4-16-6-5-7-19(13-16)24-21(26)14-27-22(24)17-8-10-18(11-9-17)23-20(25)12-15(2)3/h5-11,13,15,22H,4,12,14H2,1-3H3,(H,23,25). The van der Waals surface area contributed by atoms with Crippen LogP contribution in [0.1, 0.15) is 43.7 Å². The average Bonchev–Trinajstić information content (AvgIpc) is 3.03. The third-order valence-electron chi connectivity index (χ3n) is 4.54. The van der Waals surface area contributed by atoms with Crippen LogP contribution in [-0.2, 0) is 16.0 Å². The van der Waals surface area contributed by atoms with Crippen molar-refractivity contribution in [2.45, 2.75) is 39.0 Å². The van der Waals surface area contributed by atoms with Crippen LogP contribution in [0.5, 0.6) is 0 Å². The first-order chi connectivity index (χ1) is 13.0. The molecule has 1 fully saturated rings. The van der Waals surface area contributed by atoms with Crippen molar-refractivity contribution >= 4 is 35.0 Å². The van der Waals surface area contributed by atoms with E-state index in [4.69, 9.17) is 0 Å². The average molecular weight is 383 g/mol. The van der Waals surface area contributed by atoms with Crippen molar-refractivity contribution in [2.24, 2.45) is 5.92 Å². The van der Waals surface area contributed by atoms with Crippen molar-refractivity contribution in [1.82, 2.24) is 0 Å². The molecule has 1 heterocycles. The Hall–Kier alpha value is -2.27. The minimum absolute atomic E-state index is 0.0289. The minimum atomic E-state index is -0.0370. The summed E-state index contributed by atoms with van der Waals surface area (Å²) in [6.45, 7) is 6.17. The number of anilines is 2. The summed E-state index contributed by atoms with van der Waals surface area (Å²) in [4.78, 5) is 26.3. The number of thioether (sulfide) groups is 1. The van der Waals surface area contributed by atoms with Crippen LogP contribution >= 0.6 is 11.8 Å². The van der Waals surface area contributed by atoms with Crippen molar-refractivity contribution < 1.29 is 9.59 Å². The van der Waals surface area contributed by atoms with Crippen molar-refractivity contribution in [3.05, 3.63) is 59.7 Å². The lowest BCUT2D eigenvalue weighted by Crippen LogP contribution is -2.27. The van der Waals surface area contributed by atoms with Crippen LogP contribution in [0.25, 0.3) is 0 Å². The molecular formula is C22H26N2O2S. The third-order valence-corrected chi connectivity index (χ3v) is 5.75. The van der Waals surface area contributed by atoms with Gasteiger partial charge < -0.3 is 5.32 Å². The summed E-state index contributed by atoms with van der Waals surface area (Å²) in [7, 11) is 0. The highest BCUT2D eigenvalue weighted by Gasteiger charge is 2.34. The zero-order valence-corrected chi connectivity index (χ0v) is 16.9. The Morgan fingerprint density at radius 1 is 1.22 bits per heavy atom. The van der Waals surface area contributed by atoms with Gasteiger partial charge in [0, 0.05) is 17.8 Å². The number of carbonyl (C=O) groups is 2. The first-order valence-electron chi connectivity index (χ1n) is 9.40. The number of benzene rings is 2. The number of aryl methyl sites for hydroxylation is 1. The zero-order valence-electron chi connectivity index (χ0n) is 16.1. The lowest BCUT2D eigenvalue weighted by Gasteiger charge is -2.25. The van der Waals surface area contributed by atoms with Crippen LogP contribution in [0.3, 0.4) is 0 Å². The van der Waals surface area contributed by atoms with E-state index in [1.54, 1.807) is 11.8 Å². The van der Waals surface area contributed by atoms with Crippen molar-refractivity contribution in [3.8, 4) is 0 Å². The normalized spacial score (nSPS) is 16.8. The molecule has 2 aromatic carbocycles. The Bertz CT molecular complexity index is 817. The topological polar surface area (TPSA) is 49.4 Å². The fourth-order valence-corrected chi connectivity index (χ4v) is 4.37. The van der Waals surface area contributed by atoms with E-state index in [-0.39, 0.29) is 17.2 Å². The largest absolute Gasteiger partial charge is 0.326 e. The van der Waals surface area contributed by atoms with E-state index in [1.165, 1.54) is 5.56 Å². The number of rotatable bonds is 6. The predicted octanol–water partition coefficient (Wildman–Crippen LogP) is 5.01. The second kappa shape index (κ2) is 8.61. The van der Waals surface area contributed by atoms with Gasteiger partial charge in [-0.1, -0.05) is 45.0 Å². The van der Waals surface area contributed by atoms with Gasteiger partial charge in [-0.05, 0) is 47.7 Å². The summed E-state index contributed by atoms with van der Waals surface area (Å²) >= 11 is 1.64. The van der Waals surface area contributed by atoms with Crippen molar-refractivity contribution in [2.75, 3.05) is 16.0 Å².